The molecule has 1 aromatic rings. The molecule has 82 valence electrons. The van der Waals surface area contributed by atoms with E-state index in [0.717, 1.165) is 0 Å². The molecule has 2 nitrogen and oxygen atoms in total. The predicted octanol–water partition coefficient (Wildman–Crippen LogP) is 3.50. The van der Waals surface area contributed by atoms with Gasteiger partial charge in [0.25, 0.3) is 0 Å². The number of hydrogen-bond donors (Lipinski definition) is 1. The summed E-state index contributed by atoms with van der Waals surface area (Å²) in [5.74, 6) is -2.05. The Bertz CT molecular complexity index is 372. The van der Waals surface area contributed by atoms with Crippen molar-refractivity contribution in [1.29, 1.82) is 0 Å². The molecule has 1 rings (SSSR count). The molecule has 0 fully saturated rings. The summed E-state index contributed by atoms with van der Waals surface area (Å²) in [6.45, 7) is 1.53. The number of carboxylic acid groups (broad SMARTS) is 1. The Kier molecular flexibility index (Phi) is 4.16. The molecule has 0 heterocycles. The summed E-state index contributed by atoms with van der Waals surface area (Å²) in [6.07, 6.45) is 1.77. The molecule has 1 aromatic carbocycles. The summed E-state index contributed by atoms with van der Waals surface area (Å²) in [5, 5.41) is 8.80. The molecule has 0 spiro atoms. The minimum absolute atomic E-state index is 0.389. The van der Waals surface area contributed by atoms with Gasteiger partial charge in [0.15, 0.2) is 0 Å². The lowest BCUT2D eigenvalue weighted by Crippen LogP contribution is -2.08. The van der Waals surface area contributed by atoms with E-state index in [0.29, 0.717) is 14.9 Å². The second kappa shape index (κ2) is 4.99. The van der Waals surface area contributed by atoms with Crippen LogP contribution in [0.5, 0.6) is 0 Å². The zero-order valence-corrected chi connectivity index (χ0v) is 10.7. The molecule has 0 aromatic heterocycles. The van der Waals surface area contributed by atoms with Crippen molar-refractivity contribution in [2.24, 2.45) is 0 Å². The summed E-state index contributed by atoms with van der Waals surface area (Å²) >= 11 is 4.50. The second-order valence-corrected chi connectivity index (χ2v) is 4.75. The molecule has 1 N–H and O–H groups in total. The maximum absolute atomic E-state index is 13.5. The molecule has 5 heteroatoms. The first-order valence-electron chi connectivity index (χ1n) is 4.23. The molecule has 1 unspecified atom stereocenters. The van der Waals surface area contributed by atoms with Crippen LogP contribution in [0.3, 0.4) is 0 Å². The van der Waals surface area contributed by atoms with E-state index in [2.05, 4.69) is 15.9 Å². The third kappa shape index (κ3) is 2.72. The van der Waals surface area contributed by atoms with Gasteiger partial charge in [-0.2, -0.15) is 0 Å². The first kappa shape index (κ1) is 12.5. The quantitative estimate of drug-likeness (QED) is 0.867. The molecule has 15 heavy (non-hydrogen) atoms. The highest BCUT2D eigenvalue weighted by Gasteiger charge is 2.17. The Morgan fingerprint density at radius 3 is 2.60 bits per heavy atom. The maximum Gasteiger partial charge on any atom is 0.310 e. The van der Waals surface area contributed by atoms with Crippen molar-refractivity contribution in [1.82, 2.24) is 0 Å². The third-order valence-corrected chi connectivity index (χ3v) is 3.81. The summed E-state index contributed by atoms with van der Waals surface area (Å²) in [6, 6.07) is 2.92. The van der Waals surface area contributed by atoms with Gasteiger partial charge in [-0.05, 0) is 46.8 Å². The van der Waals surface area contributed by atoms with E-state index in [1.165, 1.54) is 24.8 Å². The Morgan fingerprint density at radius 2 is 2.20 bits per heavy atom. The van der Waals surface area contributed by atoms with E-state index in [4.69, 9.17) is 5.11 Å². The average Bonchev–Trinajstić information content (AvgIpc) is 2.15. The van der Waals surface area contributed by atoms with Crippen LogP contribution in [0.25, 0.3) is 0 Å². The molecule has 0 aliphatic carbocycles. The number of halogens is 2. The summed E-state index contributed by atoms with van der Waals surface area (Å²) < 4.78 is 14.1. The van der Waals surface area contributed by atoms with Crippen LogP contribution in [0.4, 0.5) is 4.39 Å². The second-order valence-electron chi connectivity index (χ2n) is 3.08. The topological polar surface area (TPSA) is 37.3 Å². The first-order chi connectivity index (χ1) is 6.97. The fourth-order valence-electron chi connectivity index (χ4n) is 1.17. The van der Waals surface area contributed by atoms with Crippen molar-refractivity contribution >= 4 is 33.7 Å². The predicted molar refractivity (Wildman–Crippen MR) is 61.9 cm³/mol. The summed E-state index contributed by atoms with van der Waals surface area (Å²) in [7, 11) is 0. The molecule has 0 radical (unpaired) electrons. The smallest absolute Gasteiger partial charge is 0.310 e. The number of aliphatic carboxylic acids is 1. The van der Waals surface area contributed by atoms with Crippen LogP contribution in [-0.2, 0) is 4.79 Å². The Morgan fingerprint density at radius 1 is 1.60 bits per heavy atom. The van der Waals surface area contributed by atoms with Gasteiger partial charge in [-0.1, -0.05) is 0 Å². The maximum atomic E-state index is 13.5. The minimum atomic E-state index is -0.960. The highest BCUT2D eigenvalue weighted by Crippen LogP contribution is 2.32. The lowest BCUT2D eigenvalue weighted by Gasteiger charge is -2.10. The van der Waals surface area contributed by atoms with Crippen molar-refractivity contribution in [3.8, 4) is 0 Å². The standard InChI is InChI=1S/C10H10BrFO2S/c1-5(10(13)14)6-3-7(11)9(15-2)8(12)4-6/h3-5H,1-2H3,(H,13,14). The fourth-order valence-corrected chi connectivity index (χ4v) is 2.61. The van der Waals surface area contributed by atoms with E-state index < -0.39 is 11.9 Å². The van der Waals surface area contributed by atoms with Gasteiger partial charge in [-0.25, -0.2) is 4.39 Å². The number of hydrogen-bond acceptors (Lipinski definition) is 2. The van der Waals surface area contributed by atoms with Crippen molar-refractivity contribution in [3.63, 3.8) is 0 Å². The lowest BCUT2D eigenvalue weighted by molar-refractivity contribution is -0.138. The molecule has 0 bridgehead atoms. The zero-order valence-electron chi connectivity index (χ0n) is 8.25. The van der Waals surface area contributed by atoms with Gasteiger partial charge < -0.3 is 5.11 Å². The van der Waals surface area contributed by atoms with Gasteiger partial charge >= 0.3 is 5.97 Å². The Balaban J connectivity index is 3.19. The largest absolute Gasteiger partial charge is 0.481 e. The van der Waals surface area contributed by atoms with Crippen LogP contribution < -0.4 is 0 Å². The van der Waals surface area contributed by atoms with Gasteiger partial charge in [0.1, 0.15) is 5.82 Å². The van der Waals surface area contributed by atoms with Crippen molar-refractivity contribution in [3.05, 3.63) is 28.0 Å². The van der Waals surface area contributed by atoms with Crippen LogP contribution in [-0.4, -0.2) is 17.3 Å². The highest BCUT2D eigenvalue weighted by molar-refractivity contribution is 9.10. The van der Waals surface area contributed by atoms with E-state index in [1.54, 1.807) is 12.3 Å². The summed E-state index contributed by atoms with van der Waals surface area (Å²) in [4.78, 5) is 11.2. The van der Waals surface area contributed by atoms with Crippen molar-refractivity contribution < 1.29 is 14.3 Å². The van der Waals surface area contributed by atoms with E-state index in [-0.39, 0.29) is 5.82 Å². The average molecular weight is 293 g/mol. The SMILES string of the molecule is CSc1c(F)cc(C(C)C(=O)O)cc1Br. The van der Waals surface area contributed by atoms with Crippen LogP contribution in [0, 0.1) is 5.82 Å². The zero-order chi connectivity index (χ0) is 11.6. The molecule has 0 aliphatic heterocycles. The number of carbonyl (C=O) groups is 1. The van der Waals surface area contributed by atoms with Crippen LogP contribution in [0.2, 0.25) is 0 Å². The molecular weight excluding hydrogens is 283 g/mol. The lowest BCUT2D eigenvalue weighted by atomic mass is 10.0. The van der Waals surface area contributed by atoms with E-state index in [1.807, 2.05) is 0 Å². The molecule has 1 atom stereocenters. The van der Waals surface area contributed by atoms with Gasteiger partial charge in [0.2, 0.25) is 0 Å². The normalized spacial score (nSPS) is 12.5. The van der Waals surface area contributed by atoms with Gasteiger partial charge in [0.05, 0.1) is 10.8 Å². The third-order valence-electron chi connectivity index (χ3n) is 2.10. The molecule has 0 saturated carbocycles. The number of benzene rings is 1. The Hall–Kier alpha value is -0.550. The fraction of sp³-hybridized carbons (Fsp3) is 0.300. The van der Waals surface area contributed by atoms with Crippen molar-refractivity contribution in [2.75, 3.05) is 6.26 Å². The van der Waals surface area contributed by atoms with Gasteiger partial charge in [-0.3, -0.25) is 4.79 Å². The monoisotopic (exact) mass is 292 g/mol. The molecule has 0 aliphatic rings. The molecule has 0 amide bonds. The van der Waals surface area contributed by atoms with Gasteiger partial charge in [-0.15, -0.1) is 11.8 Å². The summed E-state index contributed by atoms with van der Waals surface area (Å²) in [5.41, 5.74) is 0.463. The van der Waals surface area contributed by atoms with Crippen LogP contribution in [0.1, 0.15) is 18.4 Å². The van der Waals surface area contributed by atoms with E-state index >= 15 is 0 Å². The van der Waals surface area contributed by atoms with Crippen molar-refractivity contribution in [2.45, 2.75) is 17.7 Å². The highest BCUT2D eigenvalue weighted by atomic mass is 79.9. The number of thioether (sulfide) groups is 1. The molecular formula is C10H10BrFO2S. The molecule has 0 saturated heterocycles. The number of rotatable bonds is 3. The van der Waals surface area contributed by atoms with Gasteiger partial charge in [0, 0.05) is 4.47 Å². The van der Waals surface area contributed by atoms with Crippen LogP contribution in [0.15, 0.2) is 21.5 Å². The first-order valence-corrected chi connectivity index (χ1v) is 6.25. The van der Waals surface area contributed by atoms with Crippen LogP contribution >= 0.6 is 27.7 Å². The van der Waals surface area contributed by atoms with E-state index in [9.17, 15) is 9.18 Å². The minimum Gasteiger partial charge on any atom is -0.481 e. The number of carboxylic acids is 1. The Labute approximate surface area is 100 Å².